The maximum absolute atomic E-state index is 13.0. The van der Waals surface area contributed by atoms with E-state index in [2.05, 4.69) is 0 Å². The molecule has 1 spiro atoms. The lowest BCUT2D eigenvalue weighted by molar-refractivity contribution is -0.166. The van der Waals surface area contributed by atoms with Gasteiger partial charge in [-0.15, -0.1) is 0 Å². The van der Waals surface area contributed by atoms with Crippen molar-refractivity contribution < 1.29 is 18.7 Å². The second kappa shape index (κ2) is 6.28. The van der Waals surface area contributed by atoms with Crippen LogP contribution >= 0.6 is 0 Å². The van der Waals surface area contributed by atoms with E-state index < -0.39 is 5.60 Å². The van der Waals surface area contributed by atoms with Crippen LogP contribution in [-0.2, 0) is 9.53 Å². The Morgan fingerprint density at radius 3 is 2.70 bits per heavy atom. The third-order valence-corrected chi connectivity index (χ3v) is 4.62. The number of ether oxygens (including phenoxy) is 1. The molecule has 0 bridgehead atoms. The molecule has 1 aromatic carbocycles. The monoisotopic (exact) mass is 320 g/mol. The van der Waals surface area contributed by atoms with Gasteiger partial charge in [0.25, 0.3) is 11.8 Å². The van der Waals surface area contributed by atoms with Crippen LogP contribution in [0.15, 0.2) is 24.3 Å². The van der Waals surface area contributed by atoms with E-state index in [1.807, 2.05) is 0 Å². The van der Waals surface area contributed by atoms with E-state index in [-0.39, 0.29) is 24.2 Å². The summed E-state index contributed by atoms with van der Waals surface area (Å²) in [5.74, 6) is -0.612. The predicted molar refractivity (Wildman–Crippen MR) is 82.5 cm³/mol. The van der Waals surface area contributed by atoms with Crippen LogP contribution in [0.4, 0.5) is 4.39 Å². The molecule has 0 saturated carbocycles. The first-order valence-electron chi connectivity index (χ1n) is 7.96. The summed E-state index contributed by atoms with van der Waals surface area (Å²) >= 11 is 0. The van der Waals surface area contributed by atoms with Gasteiger partial charge in [-0.2, -0.15) is 0 Å². The number of carbonyl (C=O) groups excluding carboxylic acids is 2. The first-order chi connectivity index (χ1) is 11.0. The van der Waals surface area contributed by atoms with Crippen molar-refractivity contribution in [2.24, 2.45) is 0 Å². The molecule has 1 atom stereocenters. The number of nitrogens with zero attached hydrogens (tertiary/aromatic N) is 2. The Morgan fingerprint density at radius 2 is 1.96 bits per heavy atom. The Balaban J connectivity index is 1.81. The number of halogens is 1. The summed E-state index contributed by atoms with van der Waals surface area (Å²) in [6, 6.07) is 5.49. The van der Waals surface area contributed by atoms with E-state index >= 15 is 0 Å². The summed E-state index contributed by atoms with van der Waals surface area (Å²) < 4.78 is 18.9. The lowest BCUT2D eigenvalue weighted by Crippen LogP contribution is -2.60. The fourth-order valence-electron chi connectivity index (χ4n) is 3.33. The van der Waals surface area contributed by atoms with Crippen molar-refractivity contribution in [1.82, 2.24) is 9.80 Å². The van der Waals surface area contributed by atoms with Crippen molar-refractivity contribution in [3.05, 3.63) is 35.6 Å². The molecule has 3 rings (SSSR count). The highest BCUT2D eigenvalue weighted by Crippen LogP contribution is 2.30. The summed E-state index contributed by atoms with van der Waals surface area (Å²) in [5.41, 5.74) is -0.503. The van der Waals surface area contributed by atoms with Gasteiger partial charge in [-0.1, -0.05) is 0 Å². The summed E-state index contributed by atoms with van der Waals surface area (Å²) in [5, 5.41) is 0. The number of benzene rings is 1. The summed E-state index contributed by atoms with van der Waals surface area (Å²) in [7, 11) is 1.78. The Labute approximate surface area is 135 Å². The largest absolute Gasteiger partial charge is 0.361 e. The first-order valence-corrected chi connectivity index (χ1v) is 7.96. The zero-order valence-electron chi connectivity index (χ0n) is 13.3. The Morgan fingerprint density at radius 1 is 1.22 bits per heavy atom. The van der Waals surface area contributed by atoms with Crippen LogP contribution in [0.1, 0.15) is 29.6 Å². The van der Waals surface area contributed by atoms with Crippen molar-refractivity contribution in [2.45, 2.75) is 24.9 Å². The fraction of sp³-hybridized carbons (Fsp3) is 0.529. The molecule has 0 radical (unpaired) electrons. The molecule has 1 unspecified atom stereocenters. The molecule has 2 heterocycles. The number of rotatable bonds is 1. The number of morpholine rings is 1. The fourth-order valence-corrected chi connectivity index (χ4v) is 3.33. The van der Waals surface area contributed by atoms with Crippen LogP contribution in [0.3, 0.4) is 0 Å². The lowest BCUT2D eigenvalue weighted by atomic mass is 9.94. The number of likely N-dealkylation sites (tertiary alicyclic amines) is 1. The molecule has 23 heavy (non-hydrogen) atoms. The first kappa shape index (κ1) is 15.9. The molecule has 2 amide bonds. The van der Waals surface area contributed by atoms with E-state index in [1.165, 1.54) is 24.3 Å². The van der Waals surface area contributed by atoms with Crippen molar-refractivity contribution in [2.75, 3.05) is 33.3 Å². The molecule has 5 nitrogen and oxygen atoms in total. The zero-order chi connectivity index (χ0) is 16.4. The molecule has 0 N–H and O–H groups in total. The quantitative estimate of drug-likeness (QED) is 0.791. The lowest BCUT2D eigenvalue weighted by Gasteiger charge is -2.42. The van der Waals surface area contributed by atoms with E-state index in [0.29, 0.717) is 25.1 Å². The highest BCUT2D eigenvalue weighted by atomic mass is 19.1. The van der Waals surface area contributed by atoms with Crippen LogP contribution in [0.5, 0.6) is 0 Å². The smallest absolute Gasteiger partial charge is 0.256 e. The molecule has 6 heteroatoms. The van der Waals surface area contributed by atoms with Crippen LogP contribution in [-0.4, -0.2) is 60.5 Å². The number of amides is 2. The second-order valence-electron chi connectivity index (χ2n) is 6.26. The predicted octanol–water partition coefficient (Wildman–Crippen LogP) is 1.68. The third-order valence-electron chi connectivity index (χ3n) is 4.62. The molecule has 2 fully saturated rings. The minimum atomic E-state index is -0.931. The number of hydrogen-bond donors (Lipinski definition) is 0. The van der Waals surface area contributed by atoms with Gasteiger partial charge in [0.2, 0.25) is 0 Å². The van der Waals surface area contributed by atoms with E-state index in [1.54, 1.807) is 16.8 Å². The topological polar surface area (TPSA) is 49.9 Å². The Kier molecular flexibility index (Phi) is 4.35. The minimum Gasteiger partial charge on any atom is -0.361 e. The van der Waals surface area contributed by atoms with E-state index in [9.17, 15) is 14.0 Å². The summed E-state index contributed by atoms with van der Waals surface area (Å²) in [6.07, 6.45) is 2.47. The standard InChI is InChI=1S/C17H21FN2O3/c1-19-9-3-2-8-17(16(19)22)12-20(10-11-23-17)15(21)13-4-6-14(18)7-5-13/h4-7H,2-3,8-12H2,1H3. The molecule has 0 aromatic heterocycles. The maximum Gasteiger partial charge on any atom is 0.256 e. The van der Waals surface area contributed by atoms with Crippen molar-refractivity contribution >= 4 is 11.8 Å². The van der Waals surface area contributed by atoms with Crippen LogP contribution < -0.4 is 0 Å². The average Bonchev–Trinajstić information content (AvgIpc) is 2.69. The average molecular weight is 320 g/mol. The zero-order valence-corrected chi connectivity index (χ0v) is 13.3. The van der Waals surface area contributed by atoms with E-state index in [0.717, 1.165) is 19.4 Å². The highest BCUT2D eigenvalue weighted by molar-refractivity contribution is 5.95. The molecule has 1 aromatic rings. The van der Waals surface area contributed by atoms with Gasteiger partial charge in [0.15, 0.2) is 5.60 Å². The van der Waals surface area contributed by atoms with Gasteiger partial charge in [0.1, 0.15) is 5.82 Å². The van der Waals surface area contributed by atoms with Crippen LogP contribution in [0.2, 0.25) is 0 Å². The highest BCUT2D eigenvalue weighted by Gasteiger charge is 2.47. The van der Waals surface area contributed by atoms with Gasteiger partial charge >= 0.3 is 0 Å². The van der Waals surface area contributed by atoms with Crippen molar-refractivity contribution in [3.8, 4) is 0 Å². The molecule has 2 aliphatic heterocycles. The van der Waals surface area contributed by atoms with Gasteiger partial charge in [0.05, 0.1) is 13.2 Å². The normalized spacial score (nSPS) is 25.6. The van der Waals surface area contributed by atoms with Crippen molar-refractivity contribution in [3.63, 3.8) is 0 Å². The van der Waals surface area contributed by atoms with Gasteiger partial charge < -0.3 is 14.5 Å². The SMILES string of the molecule is CN1CCCCC2(CN(C(=O)c3ccc(F)cc3)CCO2)C1=O. The van der Waals surface area contributed by atoms with E-state index in [4.69, 9.17) is 4.74 Å². The second-order valence-corrected chi connectivity index (χ2v) is 6.26. The van der Waals surface area contributed by atoms with Crippen LogP contribution in [0, 0.1) is 5.82 Å². The molecule has 124 valence electrons. The Hall–Kier alpha value is -1.95. The molecule has 0 aliphatic carbocycles. The molecule has 2 saturated heterocycles. The van der Waals surface area contributed by atoms with Crippen molar-refractivity contribution in [1.29, 1.82) is 0 Å². The van der Waals surface area contributed by atoms with Gasteiger partial charge in [-0.25, -0.2) is 4.39 Å². The Bertz CT molecular complexity index is 604. The summed E-state index contributed by atoms with van der Waals surface area (Å²) in [6.45, 7) is 1.75. The number of carbonyl (C=O) groups is 2. The minimum absolute atomic E-state index is 0.0494. The molecular formula is C17H21FN2O3. The summed E-state index contributed by atoms with van der Waals surface area (Å²) in [4.78, 5) is 28.7. The van der Waals surface area contributed by atoms with Gasteiger partial charge in [-0.3, -0.25) is 9.59 Å². The molecular weight excluding hydrogens is 299 g/mol. The van der Waals surface area contributed by atoms with Crippen LogP contribution in [0.25, 0.3) is 0 Å². The molecule has 2 aliphatic rings. The third kappa shape index (κ3) is 3.08. The maximum atomic E-state index is 13.0. The van der Waals surface area contributed by atoms with Gasteiger partial charge in [0, 0.05) is 25.7 Å². The number of likely N-dealkylation sites (N-methyl/N-ethyl adjacent to an activating group) is 1. The number of hydrogen-bond acceptors (Lipinski definition) is 3. The van der Waals surface area contributed by atoms with Gasteiger partial charge in [-0.05, 0) is 43.5 Å².